The topological polar surface area (TPSA) is 26.0 Å². The number of benzene rings is 1. The first-order valence-electron chi connectivity index (χ1n) is 6.01. The molecule has 1 aromatic rings. The van der Waals surface area contributed by atoms with Crippen LogP contribution in [0, 0.1) is 11.2 Å². The third-order valence-electron chi connectivity index (χ3n) is 2.55. The summed E-state index contributed by atoms with van der Waals surface area (Å²) in [5, 5.41) is 0. The van der Waals surface area contributed by atoms with Crippen molar-refractivity contribution in [2.24, 2.45) is 11.1 Å². The summed E-state index contributed by atoms with van der Waals surface area (Å²) >= 11 is 1.51. The SMILES string of the molecule is CC(C)(C)CCC(N)CSc1ccccc1F. The lowest BCUT2D eigenvalue weighted by atomic mass is 9.89. The molecule has 3 heteroatoms. The van der Waals surface area contributed by atoms with Crippen LogP contribution >= 0.6 is 11.8 Å². The summed E-state index contributed by atoms with van der Waals surface area (Å²) < 4.78 is 13.4. The molecule has 0 spiro atoms. The van der Waals surface area contributed by atoms with Crippen molar-refractivity contribution in [3.63, 3.8) is 0 Å². The molecular weight excluding hydrogens is 233 g/mol. The van der Waals surface area contributed by atoms with E-state index in [9.17, 15) is 4.39 Å². The van der Waals surface area contributed by atoms with Gasteiger partial charge in [-0.3, -0.25) is 0 Å². The van der Waals surface area contributed by atoms with Crippen molar-refractivity contribution in [1.29, 1.82) is 0 Å². The smallest absolute Gasteiger partial charge is 0.136 e. The average Bonchev–Trinajstić information content (AvgIpc) is 2.24. The molecule has 1 unspecified atom stereocenters. The van der Waals surface area contributed by atoms with Crippen molar-refractivity contribution in [2.75, 3.05) is 5.75 Å². The van der Waals surface area contributed by atoms with Gasteiger partial charge in [-0.05, 0) is 30.4 Å². The summed E-state index contributed by atoms with van der Waals surface area (Å²) in [6, 6.07) is 6.99. The third kappa shape index (κ3) is 6.08. The van der Waals surface area contributed by atoms with Crippen molar-refractivity contribution in [2.45, 2.75) is 44.6 Å². The lowest BCUT2D eigenvalue weighted by Crippen LogP contribution is -2.24. The molecule has 0 fully saturated rings. The highest BCUT2D eigenvalue weighted by Gasteiger charge is 2.13. The van der Waals surface area contributed by atoms with E-state index in [-0.39, 0.29) is 11.9 Å². The zero-order valence-electron chi connectivity index (χ0n) is 10.9. The molecule has 0 bridgehead atoms. The minimum absolute atomic E-state index is 0.138. The average molecular weight is 255 g/mol. The number of thioether (sulfide) groups is 1. The fraction of sp³-hybridized carbons (Fsp3) is 0.571. The summed E-state index contributed by atoms with van der Waals surface area (Å²) in [6.07, 6.45) is 2.09. The molecule has 0 aliphatic heterocycles. The quantitative estimate of drug-likeness (QED) is 0.803. The summed E-state index contributed by atoms with van der Waals surface area (Å²) in [5.41, 5.74) is 6.36. The van der Waals surface area contributed by atoms with Crippen LogP contribution in [-0.4, -0.2) is 11.8 Å². The van der Waals surface area contributed by atoms with Gasteiger partial charge < -0.3 is 5.73 Å². The fourth-order valence-corrected chi connectivity index (χ4v) is 2.40. The van der Waals surface area contributed by atoms with Crippen LogP contribution in [-0.2, 0) is 0 Å². The Kier molecular flexibility index (Phi) is 5.47. The standard InChI is InChI=1S/C14H22FNS/c1-14(2,3)9-8-11(16)10-17-13-7-5-4-6-12(13)15/h4-7,11H,8-10,16H2,1-3H3. The lowest BCUT2D eigenvalue weighted by Gasteiger charge is -2.20. The molecule has 0 amide bonds. The van der Waals surface area contributed by atoms with Crippen LogP contribution in [0.4, 0.5) is 4.39 Å². The number of hydrogen-bond donors (Lipinski definition) is 1. The van der Waals surface area contributed by atoms with E-state index in [0.717, 1.165) is 18.6 Å². The molecule has 1 aromatic carbocycles. The van der Waals surface area contributed by atoms with Crippen LogP contribution in [0.1, 0.15) is 33.6 Å². The number of rotatable bonds is 5. The molecule has 96 valence electrons. The van der Waals surface area contributed by atoms with Crippen LogP contribution in [0.15, 0.2) is 29.2 Å². The van der Waals surface area contributed by atoms with Gasteiger partial charge in [-0.1, -0.05) is 32.9 Å². The maximum atomic E-state index is 13.4. The second-order valence-corrected chi connectivity index (χ2v) is 6.66. The molecule has 0 radical (unpaired) electrons. The Labute approximate surface area is 108 Å². The van der Waals surface area contributed by atoms with Gasteiger partial charge in [0.2, 0.25) is 0 Å². The van der Waals surface area contributed by atoms with Crippen LogP contribution in [0.2, 0.25) is 0 Å². The summed E-state index contributed by atoms with van der Waals surface area (Å²) in [5.74, 6) is 0.623. The Morgan fingerprint density at radius 3 is 2.53 bits per heavy atom. The Bertz CT molecular complexity index is 346. The summed E-state index contributed by atoms with van der Waals surface area (Å²) in [6.45, 7) is 6.64. The maximum Gasteiger partial charge on any atom is 0.136 e. The first-order valence-corrected chi connectivity index (χ1v) is 7.00. The van der Waals surface area contributed by atoms with Crippen molar-refractivity contribution >= 4 is 11.8 Å². The van der Waals surface area contributed by atoms with Crippen molar-refractivity contribution in [1.82, 2.24) is 0 Å². The second kappa shape index (κ2) is 6.41. The normalized spacial score (nSPS) is 13.7. The Morgan fingerprint density at radius 1 is 1.29 bits per heavy atom. The number of hydrogen-bond acceptors (Lipinski definition) is 2. The van der Waals surface area contributed by atoms with E-state index in [2.05, 4.69) is 20.8 Å². The van der Waals surface area contributed by atoms with Gasteiger partial charge in [0.05, 0.1) is 0 Å². The lowest BCUT2D eigenvalue weighted by molar-refractivity contribution is 0.353. The minimum Gasteiger partial charge on any atom is -0.327 e. The van der Waals surface area contributed by atoms with E-state index in [1.807, 2.05) is 6.07 Å². The van der Waals surface area contributed by atoms with Crippen molar-refractivity contribution in [3.8, 4) is 0 Å². The fourth-order valence-electron chi connectivity index (χ4n) is 1.46. The largest absolute Gasteiger partial charge is 0.327 e. The van der Waals surface area contributed by atoms with Gasteiger partial charge >= 0.3 is 0 Å². The molecular formula is C14H22FNS. The molecule has 0 saturated carbocycles. The van der Waals surface area contributed by atoms with Crippen LogP contribution in [0.5, 0.6) is 0 Å². The van der Waals surface area contributed by atoms with Crippen LogP contribution < -0.4 is 5.73 Å². The zero-order valence-corrected chi connectivity index (χ0v) is 11.7. The van der Waals surface area contributed by atoms with Gasteiger partial charge in [0, 0.05) is 16.7 Å². The monoisotopic (exact) mass is 255 g/mol. The molecule has 1 rings (SSSR count). The molecule has 2 N–H and O–H groups in total. The highest BCUT2D eigenvalue weighted by atomic mass is 32.2. The van der Waals surface area contributed by atoms with Crippen molar-refractivity contribution < 1.29 is 4.39 Å². The van der Waals surface area contributed by atoms with E-state index < -0.39 is 0 Å². The van der Waals surface area contributed by atoms with Crippen LogP contribution in [0.25, 0.3) is 0 Å². The van der Waals surface area contributed by atoms with E-state index in [1.165, 1.54) is 17.8 Å². The van der Waals surface area contributed by atoms with Gasteiger partial charge in [-0.25, -0.2) is 4.39 Å². The molecule has 0 aliphatic rings. The minimum atomic E-state index is -0.152. The van der Waals surface area contributed by atoms with Gasteiger partial charge in [0.1, 0.15) is 5.82 Å². The molecule has 17 heavy (non-hydrogen) atoms. The maximum absolute atomic E-state index is 13.4. The van der Waals surface area contributed by atoms with E-state index in [0.29, 0.717) is 10.3 Å². The third-order valence-corrected chi connectivity index (χ3v) is 3.79. The molecule has 1 atom stereocenters. The predicted octanol–water partition coefficient (Wildman–Crippen LogP) is 4.07. The van der Waals surface area contributed by atoms with E-state index >= 15 is 0 Å². The second-order valence-electron chi connectivity index (χ2n) is 5.60. The molecule has 0 aromatic heterocycles. The first kappa shape index (κ1) is 14.5. The highest BCUT2D eigenvalue weighted by Crippen LogP contribution is 2.25. The van der Waals surface area contributed by atoms with Gasteiger partial charge in [0.25, 0.3) is 0 Å². The van der Waals surface area contributed by atoms with Gasteiger partial charge in [0.15, 0.2) is 0 Å². The predicted molar refractivity (Wildman–Crippen MR) is 73.8 cm³/mol. The number of nitrogens with two attached hydrogens (primary N) is 1. The highest BCUT2D eigenvalue weighted by molar-refractivity contribution is 7.99. The van der Waals surface area contributed by atoms with Crippen molar-refractivity contribution in [3.05, 3.63) is 30.1 Å². The van der Waals surface area contributed by atoms with Gasteiger partial charge in [-0.15, -0.1) is 11.8 Å². The Hall–Kier alpha value is -0.540. The number of halogens is 1. The summed E-state index contributed by atoms with van der Waals surface area (Å²) in [4.78, 5) is 0.693. The van der Waals surface area contributed by atoms with Gasteiger partial charge in [-0.2, -0.15) is 0 Å². The molecule has 0 saturated heterocycles. The molecule has 1 nitrogen and oxygen atoms in total. The Morgan fingerprint density at radius 2 is 1.94 bits per heavy atom. The van der Waals surface area contributed by atoms with E-state index in [1.54, 1.807) is 12.1 Å². The first-order chi connectivity index (χ1) is 7.88. The molecule has 0 aliphatic carbocycles. The van der Waals surface area contributed by atoms with E-state index in [4.69, 9.17) is 5.73 Å². The van der Waals surface area contributed by atoms with Crippen LogP contribution in [0.3, 0.4) is 0 Å². The summed E-state index contributed by atoms with van der Waals surface area (Å²) in [7, 11) is 0. The zero-order chi connectivity index (χ0) is 12.9. The molecule has 0 heterocycles. The Balaban J connectivity index is 2.34.